The van der Waals surface area contributed by atoms with Gasteiger partial charge in [-0.1, -0.05) is 6.92 Å². The molecule has 1 aliphatic heterocycles. The Hall–Kier alpha value is -1.30. The molecule has 0 radical (unpaired) electrons. The zero-order chi connectivity index (χ0) is 15.3. The first-order valence-corrected chi connectivity index (χ1v) is 7.87. The van der Waals surface area contributed by atoms with E-state index in [0.717, 1.165) is 32.3 Å². The van der Waals surface area contributed by atoms with Gasteiger partial charge in [-0.25, -0.2) is 4.79 Å². The summed E-state index contributed by atoms with van der Waals surface area (Å²) in [6.45, 7) is 3.64. The minimum atomic E-state index is -0.799. The topological polar surface area (TPSA) is 87.7 Å². The Kier molecular flexibility index (Phi) is 5.45. The number of rotatable bonds is 4. The monoisotopic (exact) mass is 298 g/mol. The maximum absolute atomic E-state index is 11.9. The Balaban J connectivity index is 1.81. The summed E-state index contributed by atoms with van der Waals surface area (Å²) in [6.07, 6.45) is 4.95. The Labute approximate surface area is 125 Å². The van der Waals surface area contributed by atoms with Crippen LogP contribution < -0.4 is 10.6 Å². The van der Waals surface area contributed by atoms with Crippen LogP contribution in [0.4, 0.5) is 4.79 Å². The van der Waals surface area contributed by atoms with Crippen molar-refractivity contribution in [2.75, 3.05) is 19.8 Å². The normalized spacial score (nSPS) is 33.2. The van der Waals surface area contributed by atoms with Crippen LogP contribution in [0, 0.1) is 11.3 Å². The number of aliphatic carboxylic acids is 1. The van der Waals surface area contributed by atoms with Crippen molar-refractivity contribution in [1.29, 1.82) is 0 Å². The van der Waals surface area contributed by atoms with Gasteiger partial charge in [-0.15, -0.1) is 0 Å². The average Bonchev–Trinajstić information content (AvgIpc) is 2.48. The molecule has 2 amide bonds. The van der Waals surface area contributed by atoms with Gasteiger partial charge in [0.05, 0.1) is 18.1 Å². The Morgan fingerprint density at radius 3 is 2.57 bits per heavy atom. The summed E-state index contributed by atoms with van der Waals surface area (Å²) >= 11 is 0. The number of urea groups is 1. The second kappa shape index (κ2) is 7.11. The molecule has 2 rings (SSSR count). The Bertz CT molecular complexity index is 372. The highest BCUT2D eigenvalue weighted by atomic mass is 16.5. The van der Waals surface area contributed by atoms with Crippen LogP contribution in [-0.2, 0) is 9.53 Å². The molecule has 6 nitrogen and oxygen atoms in total. The quantitative estimate of drug-likeness (QED) is 0.738. The first-order valence-electron chi connectivity index (χ1n) is 7.87. The number of hydrogen-bond acceptors (Lipinski definition) is 3. The molecule has 1 unspecified atom stereocenters. The van der Waals surface area contributed by atoms with Crippen LogP contribution in [0.2, 0.25) is 0 Å². The Morgan fingerprint density at radius 1 is 1.29 bits per heavy atom. The van der Waals surface area contributed by atoms with Gasteiger partial charge in [0.15, 0.2) is 0 Å². The van der Waals surface area contributed by atoms with E-state index in [1.54, 1.807) is 0 Å². The highest BCUT2D eigenvalue weighted by Gasteiger charge is 2.41. The predicted octanol–water partition coefficient (Wildman–Crippen LogP) is 1.75. The number of carboxylic acid groups (broad SMARTS) is 1. The van der Waals surface area contributed by atoms with Crippen LogP contribution in [0.15, 0.2) is 0 Å². The Morgan fingerprint density at radius 2 is 2.00 bits per heavy atom. The maximum atomic E-state index is 11.9. The molecule has 0 aromatic heterocycles. The fourth-order valence-corrected chi connectivity index (χ4v) is 3.12. The molecule has 1 saturated carbocycles. The number of hydrogen-bond donors (Lipinski definition) is 3. The highest BCUT2D eigenvalue weighted by Crippen LogP contribution is 2.38. The number of nitrogens with one attached hydrogen (secondary N) is 2. The SMILES string of the molecule is CC1CCC(CNC(=O)NC2CCCOC2)(C(=O)O)CC1. The zero-order valence-electron chi connectivity index (χ0n) is 12.7. The van der Waals surface area contributed by atoms with E-state index in [4.69, 9.17) is 4.74 Å². The number of carbonyl (C=O) groups is 2. The highest BCUT2D eigenvalue weighted by molar-refractivity contribution is 5.78. The van der Waals surface area contributed by atoms with E-state index < -0.39 is 11.4 Å². The third kappa shape index (κ3) is 4.33. The largest absolute Gasteiger partial charge is 0.481 e. The summed E-state index contributed by atoms with van der Waals surface area (Å²) < 4.78 is 5.31. The van der Waals surface area contributed by atoms with Crippen molar-refractivity contribution in [3.63, 3.8) is 0 Å². The first-order chi connectivity index (χ1) is 10.0. The van der Waals surface area contributed by atoms with Crippen molar-refractivity contribution >= 4 is 12.0 Å². The molecule has 0 bridgehead atoms. The van der Waals surface area contributed by atoms with E-state index in [1.807, 2.05) is 0 Å². The van der Waals surface area contributed by atoms with E-state index in [2.05, 4.69) is 17.6 Å². The van der Waals surface area contributed by atoms with Gasteiger partial charge in [-0.05, 0) is 44.4 Å². The van der Waals surface area contributed by atoms with E-state index in [1.165, 1.54) is 0 Å². The summed E-state index contributed by atoms with van der Waals surface area (Å²) in [5, 5.41) is 15.1. The minimum absolute atomic E-state index is 0.0332. The molecule has 120 valence electrons. The lowest BCUT2D eigenvalue weighted by atomic mass is 9.71. The van der Waals surface area contributed by atoms with Gasteiger partial charge in [-0.3, -0.25) is 4.79 Å². The molecule has 0 aromatic rings. The van der Waals surface area contributed by atoms with Gasteiger partial charge >= 0.3 is 12.0 Å². The van der Waals surface area contributed by atoms with Gasteiger partial charge in [-0.2, -0.15) is 0 Å². The third-order valence-electron chi connectivity index (χ3n) is 4.77. The van der Waals surface area contributed by atoms with E-state index >= 15 is 0 Å². The molecule has 1 atom stereocenters. The maximum Gasteiger partial charge on any atom is 0.315 e. The fourth-order valence-electron chi connectivity index (χ4n) is 3.12. The van der Waals surface area contributed by atoms with Crippen LogP contribution in [0.3, 0.4) is 0 Å². The van der Waals surface area contributed by atoms with Crippen molar-refractivity contribution in [2.45, 2.75) is 51.5 Å². The standard InChI is InChI=1S/C15H26N2O4/c1-11-4-6-15(7-5-11,13(18)19)10-16-14(20)17-12-3-2-8-21-9-12/h11-12H,2-10H2,1H3,(H,18,19)(H2,16,17,20). The van der Waals surface area contributed by atoms with Crippen LogP contribution >= 0.6 is 0 Å². The lowest BCUT2D eigenvalue weighted by Gasteiger charge is -2.36. The minimum Gasteiger partial charge on any atom is -0.481 e. The van der Waals surface area contributed by atoms with E-state index in [9.17, 15) is 14.7 Å². The van der Waals surface area contributed by atoms with Crippen molar-refractivity contribution in [2.24, 2.45) is 11.3 Å². The smallest absolute Gasteiger partial charge is 0.315 e. The molecule has 1 heterocycles. The van der Waals surface area contributed by atoms with E-state index in [-0.39, 0.29) is 18.6 Å². The molecule has 6 heteroatoms. The van der Waals surface area contributed by atoms with Gasteiger partial charge in [0.1, 0.15) is 0 Å². The van der Waals surface area contributed by atoms with Crippen molar-refractivity contribution in [1.82, 2.24) is 10.6 Å². The summed E-state index contributed by atoms with van der Waals surface area (Å²) in [5.74, 6) is -0.221. The number of carboxylic acids is 1. The zero-order valence-corrected chi connectivity index (χ0v) is 12.7. The molecule has 1 saturated heterocycles. The molecular formula is C15H26N2O4. The summed E-state index contributed by atoms with van der Waals surface area (Å²) in [7, 11) is 0. The van der Waals surface area contributed by atoms with Crippen LogP contribution in [0.5, 0.6) is 0 Å². The van der Waals surface area contributed by atoms with Crippen LogP contribution in [0.25, 0.3) is 0 Å². The fraction of sp³-hybridized carbons (Fsp3) is 0.867. The third-order valence-corrected chi connectivity index (χ3v) is 4.77. The van der Waals surface area contributed by atoms with Crippen LogP contribution in [-0.4, -0.2) is 42.9 Å². The molecular weight excluding hydrogens is 272 g/mol. The van der Waals surface area contributed by atoms with Crippen molar-refractivity contribution in [3.05, 3.63) is 0 Å². The molecule has 0 aromatic carbocycles. The van der Waals surface area contributed by atoms with Crippen LogP contribution in [0.1, 0.15) is 45.4 Å². The molecule has 0 spiro atoms. The molecule has 3 N–H and O–H groups in total. The number of ether oxygens (including phenoxy) is 1. The van der Waals surface area contributed by atoms with E-state index in [0.29, 0.717) is 25.4 Å². The molecule has 2 fully saturated rings. The summed E-state index contributed by atoms with van der Waals surface area (Å²) in [4.78, 5) is 23.5. The van der Waals surface area contributed by atoms with Gasteiger partial charge < -0.3 is 20.5 Å². The average molecular weight is 298 g/mol. The summed E-state index contributed by atoms with van der Waals surface area (Å²) in [5.41, 5.74) is -0.799. The molecule has 1 aliphatic carbocycles. The first kappa shape index (κ1) is 16.1. The predicted molar refractivity (Wildman–Crippen MR) is 78.1 cm³/mol. The van der Waals surface area contributed by atoms with Gasteiger partial charge in [0.2, 0.25) is 0 Å². The van der Waals surface area contributed by atoms with Crippen molar-refractivity contribution in [3.8, 4) is 0 Å². The summed E-state index contributed by atoms with van der Waals surface area (Å²) in [6, 6.07) is -0.254. The number of carbonyl (C=O) groups excluding carboxylic acids is 1. The number of amides is 2. The van der Waals surface area contributed by atoms with Gasteiger partial charge in [0.25, 0.3) is 0 Å². The molecule has 2 aliphatic rings. The van der Waals surface area contributed by atoms with Crippen molar-refractivity contribution < 1.29 is 19.4 Å². The second-order valence-corrected chi connectivity index (χ2v) is 6.51. The lowest BCUT2D eigenvalue weighted by molar-refractivity contribution is -0.151. The second-order valence-electron chi connectivity index (χ2n) is 6.51. The lowest BCUT2D eigenvalue weighted by Crippen LogP contribution is -2.51. The molecule has 21 heavy (non-hydrogen) atoms. The van der Waals surface area contributed by atoms with Gasteiger partial charge in [0, 0.05) is 13.2 Å².